The minimum atomic E-state index is -2.87. The van der Waals surface area contributed by atoms with Crippen LogP contribution in [0.3, 0.4) is 0 Å². The maximum absolute atomic E-state index is 11.5. The first-order valence-corrected chi connectivity index (χ1v) is 8.86. The molecule has 1 aromatic rings. The SMILES string of the molecule is CCS(=O)(=O)CCN1CCN(c2ccccc2N)CC1. The van der Waals surface area contributed by atoms with Crippen molar-refractivity contribution in [2.24, 2.45) is 0 Å². The summed E-state index contributed by atoms with van der Waals surface area (Å²) in [6.07, 6.45) is 0. The number of sulfone groups is 1. The third kappa shape index (κ3) is 3.86. The van der Waals surface area contributed by atoms with Crippen LogP contribution in [0.2, 0.25) is 0 Å². The van der Waals surface area contributed by atoms with Crippen LogP contribution in [0.4, 0.5) is 11.4 Å². The Morgan fingerprint density at radius 2 is 1.80 bits per heavy atom. The molecule has 1 aromatic carbocycles. The minimum Gasteiger partial charge on any atom is -0.397 e. The van der Waals surface area contributed by atoms with E-state index in [1.807, 2.05) is 24.3 Å². The lowest BCUT2D eigenvalue weighted by Gasteiger charge is -2.36. The fraction of sp³-hybridized carbons (Fsp3) is 0.571. The lowest BCUT2D eigenvalue weighted by atomic mass is 10.2. The Kier molecular flexibility index (Phi) is 4.88. The van der Waals surface area contributed by atoms with E-state index in [0.29, 0.717) is 6.54 Å². The molecule has 20 heavy (non-hydrogen) atoms. The molecule has 0 atom stereocenters. The summed E-state index contributed by atoms with van der Waals surface area (Å²) in [5.41, 5.74) is 7.86. The van der Waals surface area contributed by atoms with Gasteiger partial charge in [-0.3, -0.25) is 4.90 Å². The molecular weight excluding hydrogens is 274 g/mol. The first kappa shape index (κ1) is 15.1. The van der Waals surface area contributed by atoms with Gasteiger partial charge in [0.2, 0.25) is 0 Å². The molecule has 0 aromatic heterocycles. The van der Waals surface area contributed by atoms with Gasteiger partial charge in [0.05, 0.1) is 17.1 Å². The molecule has 0 aliphatic carbocycles. The number of anilines is 2. The monoisotopic (exact) mass is 297 g/mol. The number of nitrogens with zero attached hydrogens (tertiary/aromatic N) is 2. The zero-order valence-corrected chi connectivity index (χ0v) is 12.8. The number of hydrogen-bond acceptors (Lipinski definition) is 5. The summed E-state index contributed by atoms with van der Waals surface area (Å²) in [6.45, 7) is 5.88. The lowest BCUT2D eigenvalue weighted by molar-refractivity contribution is 0.272. The number of hydrogen-bond donors (Lipinski definition) is 1. The van der Waals surface area contributed by atoms with Gasteiger partial charge in [0.25, 0.3) is 0 Å². The van der Waals surface area contributed by atoms with E-state index in [-0.39, 0.29) is 11.5 Å². The third-order valence-corrected chi connectivity index (χ3v) is 5.49. The van der Waals surface area contributed by atoms with Gasteiger partial charge in [0.15, 0.2) is 9.84 Å². The molecule has 5 nitrogen and oxygen atoms in total. The third-order valence-electron chi connectivity index (χ3n) is 3.81. The zero-order chi connectivity index (χ0) is 14.6. The second kappa shape index (κ2) is 6.45. The largest absolute Gasteiger partial charge is 0.397 e. The molecule has 2 rings (SSSR count). The number of nitrogen functional groups attached to an aromatic ring is 1. The number of piperazine rings is 1. The van der Waals surface area contributed by atoms with Gasteiger partial charge < -0.3 is 10.6 Å². The molecule has 2 N–H and O–H groups in total. The molecule has 1 aliphatic rings. The van der Waals surface area contributed by atoms with Crippen LogP contribution in [-0.4, -0.2) is 57.5 Å². The molecular formula is C14H23N3O2S. The second-order valence-electron chi connectivity index (χ2n) is 5.12. The van der Waals surface area contributed by atoms with Crippen molar-refractivity contribution in [1.82, 2.24) is 4.90 Å². The Morgan fingerprint density at radius 3 is 2.40 bits per heavy atom. The summed E-state index contributed by atoms with van der Waals surface area (Å²) in [5, 5.41) is 0. The van der Waals surface area contributed by atoms with E-state index in [0.717, 1.165) is 37.6 Å². The van der Waals surface area contributed by atoms with Crippen molar-refractivity contribution < 1.29 is 8.42 Å². The van der Waals surface area contributed by atoms with Crippen molar-refractivity contribution in [3.8, 4) is 0 Å². The average Bonchev–Trinajstić information content (AvgIpc) is 2.46. The van der Waals surface area contributed by atoms with Gasteiger partial charge >= 0.3 is 0 Å². The van der Waals surface area contributed by atoms with Crippen LogP contribution in [0, 0.1) is 0 Å². The van der Waals surface area contributed by atoms with E-state index in [9.17, 15) is 8.42 Å². The van der Waals surface area contributed by atoms with E-state index >= 15 is 0 Å². The van der Waals surface area contributed by atoms with E-state index in [2.05, 4.69) is 9.80 Å². The van der Waals surface area contributed by atoms with Gasteiger partial charge in [0, 0.05) is 38.5 Å². The highest BCUT2D eigenvalue weighted by Gasteiger charge is 2.19. The fourth-order valence-electron chi connectivity index (χ4n) is 2.40. The Bertz CT molecular complexity index is 537. The van der Waals surface area contributed by atoms with Crippen molar-refractivity contribution in [3.05, 3.63) is 24.3 Å². The molecule has 6 heteroatoms. The number of nitrogens with two attached hydrogens (primary N) is 1. The molecule has 0 bridgehead atoms. The predicted molar refractivity (Wildman–Crippen MR) is 83.8 cm³/mol. The van der Waals surface area contributed by atoms with Crippen LogP contribution in [0.15, 0.2) is 24.3 Å². The first-order chi connectivity index (χ1) is 9.52. The number of rotatable bonds is 5. The fourth-order valence-corrected chi connectivity index (χ4v) is 3.23. The van der Waals surface area contributed by atoms with Crippen molar-refractivity contribution >= 4 is 21.2 Å². The first-order valence-electron chi connectivity index (χ1n) is 7.04. The summed E-state index contributed by atoms with van der Waals surface area (Å²) in [5.74, 6) is 0.491. The summed E-state index contributed by atoms with van der Waals surface area (Å²) in [7, 11) is -2.87. The van der Waals surface area contributed by atoms with E-state index in [1.54, 1.807) is 6.92 Å². The minimum absolute atomic E-state index is 0.230. The topological polar surface area (TPSA) is 66.6 Å². The molecule has 1 fully saturated rings. The molecule has 0 unspecified atom stereocenters. The van der Waals surface area contributed by atoms with E-state index < -0.39 is 9.84 Å². The molecule has 0 amide bonds. The molecule has 112 valence electrons. The highest BCUT2D eigenvalue weighted by atomic mass is 32.2. The van der Waals surface area contributed by atoms with Crippen molar-refractivity contribution in [3.63, 3.8) is 0 Å². The van der Waals surface area contributed by atoms with E-state index in [4.69, 9.17) is 5.73 Å². The van der Waals surface area contributed by atoms with Crippen molar-refractivity contribution in [1.29, 1.82) is 0 Å². The Morgan fingerprint density at radius 1 is 1.15 bits per heavy atom. The van der Waals surface area contributed by atoms with Crippen molar-refractivity contribution in [2.75, 3.05) is 54.9 Å². The van der Waals surface area contributed by atoms with Crippen LogP contribution < -0.4 is 10.6 Å². The predicted octanol–water partition coefficient (Wildman–Crippen LogP) is 0.826. The maximum atomic E-state index is 11.5. The Balaban J connectivity index is 1.85. The Hall–Kier alpha value is -1.27. The number of benzene rings is 1. The van der Waals surface area contributed by atoms with Crippen LogP contribution in [0.25, 0.3) is 0 Å². The molecule has 0 radical (unpaired) electrons. The summed E-state index contributed by atoms with van der Waals surface area (Å²) < 4.78 is 23.0. The van der Waals surface area contributed by atoms with Gasteiger partial charge in [-0.25, -0.2) is 8.42 Å². The van der Waals surface area contributed by atoms with Gasteiger partial charge in [-0.2, -0.15) is 0 Å². The smallest absolute Gasteiger partial charge is 0.151 e. The highest BCUT2D eigenvalue weighted by molar-refractivity contribution is 7.91. The standard InChI is InChI=1S/C14H23N3O2S/c1-2-20(18,19)12-11-16-7-9-17(10-8-16)14-6-4-3-5-13(14)15/h3-6H,2,7-12,15H2,1H3. The van der Waals surface area contributed by atoms with Gasteiger partial charge in [-0.05, 0) is 12.1 Å². The number of para-hydroxylation sites is 2. The van der Waals surface area contributed by atoms with Crippen LogP contribution in [0.5, 0.6) is 0 Å². The van der Waals surface area contributed by atoms with Crippen LogP contribution >= 0.6 is 0 Å². The van der Waals surface area contributed by atoms with Crippen molar-refractivity contribution in [2.45, 2.75) is 6.92 Å². The van der Waals surface area contributed by atoms with Gasteiger partial charge in [-0.15, -0.1) is 0 Å². The highest BCUT2D eigenvalue weighted by Crippen LogP contribution is 2.23. The lowest BCUT2D eigenvalue weighted by Crippen LogP contribution is -2.47. The van der Waals surface area contributed by atoms with Gasteiger partial charge in [0.1, 0.15) is 0 Å². The zero-order valence-electron chi connectivity index (χ0n) is 12.0. The van der Waals surface area contributed by atoms with Crippen LogP contribution in [0.1, 0.15) is 6.92 Å². The molecule has 1 saturated heterocycles. The maximum Gasteiger partial charge on any atom is 0.151 e. The molecule has 1 heterocycles. The summed E-state index contributed by atoms with van der Waals surface area (Å²) >= 11 is 0. The molecule has 0 saturated carbocycles. The quantitative estimate of drug-likeness (QED) is 0.815. The normalized spacial score (nSPS) is 17.4. The molecule has 1 aliphatic heterocycles. The summed E-state index contributed by atoms with van der Waals surface area (Å²) in [4.78, 5) is 4.48. The molecule has 0 spiro atoms. The Labute approximate surface area is 121 Å². The van der Waals surface area contributed by atoms with Gasteiger partial charge in [-0.1, -0.05) is 19.1 Å². The van der Waals surface area contributed by atoms with E-state index in [1.165, 1.54) is 0 Å². The summed E-state index contributed by atoms with van der Waals surface area (Å²) in [6, 6.07) is 7.87. The average molecular weight is 297 g/mol. The van der Waals surface area contributed by atoms with Crippen LogP contribution in [-0.2, 0) is 9.84 Å². The second-order valence-corrected chi connectivity index (χ2v) is 7.60.